The summed E-state index contributed by atoms with van der Waals surface area (Å²) in [6, 6.07) is 6.32. The molecule has 2 nitrogen and oxygen atoms in total. The second-order valence-electron chi connectivity index (χ2n) is 3.50. The fourth-order valence-electron chi connectivity index (χ4n) is 1.54. The molecule has 1 aromatic heterocycles. The first-order valence-electron chi connectivity index (χ1n) is 5.08. The molecule has 0 aliphatic heterocycles. The molecule has 16 heavy (non-hydrogen) atoms. The lowest BCUT2D eigenvalue weighted by atomic mass is 10.0. The van der Waals surface area contributed by atoms with Gasteiger partial charge in [0.25, 0.3) is 0 Å². The molecular weight excluding hydrogens is 225 g/mol. The van der Waals surface area contributed by atoms with Crippen LogP contribution < -0.4 is 0 Å². The summed E-state index contributed by atoms with van der Waals surface area (Å²) in [5.74, 6) is -0.353. The van der Waals surface area contributed by atoms with Crippen LogP contribution in [-0.4, -0.2) is 10.1 Å². The summed E-state index contributed by atoms with van der Waals surface area (Å²) in [5, 5.41) is 12.7. The van der Waals surface area contributed by atoms with Crippen LogP contribution in [0.25, 0.3) is 0 Å². The Morgan fingerprint density at radius 2 is 2.19 bits per heavy atom. The van der Waals surface area contributed by atoms with Gasteiger partial charge in [0, 0.05) is 23.6 Å². The summed E-state index contributed by atoms with van der Waals surface area (Å²) in [6.07, 6.45) is 2.14. The minimum atomic E-state index is -0.759. The third-order valence-corrected chi connectivity index (χ3v) is 3.22. The Morgan fingerprint density at radius 3 is 2.88 bits per heavy atom. The SMILES string of the molecule is OC(CCc1nccs1)c1ccccc1F. The first-order chi connectivity index (χ1) is 7.77. The van der Waals surface area contributed by atoms with E-state index in [1.807, 2.05) is 5.38 Å². The van der Waals surface area contributed by atoms with Gasteiger partial charge in [0.15, 0.2) is 0 Å². The highest BCUT2D eigenvalue weighted by Crippen LogP contribution is 2.21. The van der Waals surface area contributed by atoms with E-state index in [0.717, 1.165) is 5.01 Å². The number of aryl methyl sites for hydroxylation is 1. The zero-order chi connectivity index (χ0) is 11.4. The molecule has 1 unspecified atom stereocenters. The molecule has 84 valence electrons. The lowest BCUT2D eigenvalue weighted by molar-refractivity contribution is 0.163. The van der Waals surface area contributed by atoms with E-state index >= 15 is 0 Å². The normalized spacial score (nSPS) is 12.6. The summed E-state index contributed by atoms with van der Waals surface area (Å²) < 4.78 is 13.3. The van der Waals surface area contributed by atoms with Gasteiger partial charge < -0.3 is 5.11 Å². The van der Waals surface area contributed by atoms with Crippen LogP contribution >= 0.6 is 11.3 Å². The fraction of sp³-hybridized carbons (Fsp3) is 0.250. The number of nitrogens with zero attached hydrogens (tertiary/aromatic N) is 1. The molecule has 1 N–H and O–H groups in total. The third-order valence-electron chi connectivity index (χ3n) is 2.38. The molecule has 2 rings (SSSR count). The Morgan fingerprint density at radius 1 is 1.38 bits per heavy atom. The molecule has 0 aliphatic carbocycles. The van der Waals surface area contributed by atoms with Crippen molar-refractivity contribution in [3.8, 4) is 0 Å². The number of thiazole rings is 1. The number of hydrogen-bond acceptors (Lipinski definition) is 3. The van der Waals surface area contributed by atoms with E-state index in [9.17, 15) is 9.50 Å². The highest BCUT2D eigenvalue weighted by Gasteiger charge is 2.12. The van der Waals surface area contributed by atoms with E-state index in [4.69, 9.17) is 0 Å². The molecule has 0 spiro atoms. The molecule has 0 aliphatic rings. The van der Waals surface area contributed by atoms with Crippen molar-refractivity contribution in [1.82, 2.24) is 4.98 Å². The number of rotatable bonds is 4. The fourth-order valence-corrected chi connectivity index (χ4v) is 2.17. The molecule has 0 saturated heterocycles. The van der Waals surface area contributed by atoms with E-state index in [2.05, 4.69) is 4.98 Å². The van der Waals surface area contributed by atoms with Crippen molar-refractivity contribution in [2.45, 2.75) is 18.9 Å². The molecule has 1 atom stereocenters. The molecule has 0 bridgehead atoms. The predicted octanol–water partition coefficient (Wildman–Crippen LogP) is 2.95. The van der Waals surface area contributed by atoms with Crippen LogP contribution in [0.5, 0.6) is 0 Å². The highest BCUT2D eigenvalue weighted by atomic mass is 32.1. The van der Waals surface area contributed by atoms with Crippen molar-refractivity contribution in [1.29, 1.82) is 0 Å². The van der Waals surface area contributed by atoms with Crippen molar-refractivity contribution in [2.24, 2.45) is 0 Å². The van der Waals surface area contributed by atoms with Crippen molar-refractivity contribution in [3.05, 3.63) is 52.2 Å². The zero-order valence-electron chi connectivity index (χ0n) is 8.64. The van der Waals surface area contributed by atoms with Gasteiger partial charge >= 0.3 is 0 Å². The van der Waals surface area contributed by atoms with Gasteiger partial charge in [0.2, 0.25) is 0 Å². The van der Waals surface area contributed by atoms with Gasteiger partial charge in [-0.2, -0.15) is 0 Å². The van der Waals surface area contributed by atoms with Crippen LogP contribution in [0.3, 0.4) is 0 Å². The Bertz CT molecular complexity index is 444. The Hall–Kier alpha value is -1.26. The largest absolute Gasteiger partial charge is 0.388 e. The summed E-state index contributed by atoms with van der Waals surface area (Å²) in [7, 11) is 0. The van der Waals surface area contributed by atoms with Crippen molar-refractivity contribution >= 4 is 11.3 Å². The lowest BCUT2D eigenvalue weighted by Crippen LogP contribution is -2.02. The van der Waals surface area contributed by atoms with Gasteiger partial charge in [-0.3, -0.25) is 0 Å². The lowest BCUT2D eigenvalue weighted by Gasteiger charge is -2.10. The molecule has 1 heterocycles. The second kappa shape index (κ2) is 5.18. The molecular formula is C12H12FNOS. The van der Waals surface area contributed by atoms with Crippen LogP contribution in [0.4, 0.5) is 4.39 Å². The smallest absolute Gasteiger partial charge is 0.128 e. The van der Waals surface area contributed by atoms with Gasteiger partial charge in [-0.25, -0.2) is 9.37 Å². The first-order valence-corrected chi connectivity index (χ1v) is 5.96. The van der Waals surface area contributed by atoms with E-state index in [-0.39, 0.29) is 5.82 Å². The maximum Gasteiger partial charge on any atom is 0.128 e. The highest BCUT2D eigenvalue weighted by molar-refractivity contribution is 7.09. The topological polar surface area (TPSA) is 33.1 Å². The number of aromatic nitrogens is 1. The van der Waals surface area contributed by atoms with Crippen LogP contribution in [0.15, 0.2) is 35.8 Å². The summed E-state index contributed by atoms with van der Waals surface area (Å²) >= 11 is 1.55. The van der Waals surface area contributed by atoms with E-state index in [0.29, 0.717) is 18.4 Å². The van der Waals surface area contributed by atoms with Crippen molar-refractivity contribution in [3.63, 3.8) is 0 Å². The number of aliphatic hydroxyl groups is 1. The van der Waals surface area contributed by atoms with E-state index in [1.54, 1.807) is 35.7 Å². The zero-order valence-corrected chi connectivity index (χ0v) is 9.45. The van der Waals surface area contributed by atoms with Crippen molar-refractivity contribution in [2.75, 3.05) is 0 Å². The van der Waals surface area contributed by atoms with Crippen LogP contribution in [0.2, 0.25) is 0 Å². The van der Waals surface area contributed by atoms with Crippen LogP contribution in [0, 0.1) is 5.82 Å². The molecule has 0 radical (unpaired) electrons. The quantitative estimate of drug-likeness (QED) is 0.886. The number of halogens is 1. The van der Waals surface area contributed by atoms with E-state index < -0.39 is 6.10 Å². The minimum Gasteiger partial charge on any atom is -0.388 e. The molecule has 0 amide bonds. The van der Waals surface area contributed by atoms with Gasteiger partial charge in [-0.1, -0.05) is 18.2 Å². The number of hydrogen-bond donors (Lipinski definition) is 1. The van der Waals surface area contributed by atoms with Crippen molar-refractivity contribution < 1.29 is 9.50 Å². The molecule has 2 aromatic rings. The molecule has 1 aromatic carbocycles. The standard InChI is InChI=1S/C12H12FNOS/c13-10-4-2-1-3-9(10)11(15)5-6-12-14-7-8-16-12/h1-4,7-8,11,15H,5-6H2. The van der Waals surface area contributed by atoms with Crippen LogP contribution in [0.1, 0.15) is 23.1 Å². The number of aliphatic hydroxyl groups excluding tert-OH is 1. The molecule has 0 fully saturated rings. The maximum atomic E-state index is 13.3. The maximum absolute atomic E-state index is 13.3. The van der Waals surface area contributed by atoms with Gasteiger partial charge in [-0.05, 0) is 12.5 Å². The van der Waals surface area contributed by atoms with Gasteiger partial charge in [-0.15, -0.1) is 11.3 Å². The Kier molecular flexibility index (Phi) is 3.64. The summed E-state index contributed by atoms with van der Waals surface area (Å²) in [6.45, 7) is 0. The minimum absolute atomic E-state index is 0.353. The Labute approximate surface area is 97.4 Å². The average molecular weight is 237 g/mol. The summed E-state index contributed by atoms with van der Waals surface area (Å²) in [5.41, 5.74) is 0.360. The summed E-state index contributed by atoms with van der Waals surface area (Å²) in [4.78, 5) is 4.12. The molecule has 4 heteroatoms. The monoisotopic (exact) mass is 237 g/mol. The van der Waals surface area contributed by atoms with Crippen LogP contribution in [-0.2, 0) is 6.42 Å². The van der Waals surface area contributed by atoms with E-state index in [1.165, 1.54) is 6.07 Å². The second-order valence-corrected chi connectivity index (χ2v) is 4.48. The van der Waals surface area contributed by atoms with Gasteiger partial charge in [0.05, 0.1) is 11.1 Å². The first kappa shape index (κ1) is 11.2. The Balaban J connectivity index is 1.98. The van der Waals surface area contributed by atoms with Gasteiger partial charge in [0.1, 0.15) is 5.82 Å². The number of benzene rings is 1. The predicted molar refractivity (Wildman–Crippen MR) is 61.8 cm³/mol. The molecule has 0 saturated carbocycles. The third kappa shape index (κ3) is 2.65. The average Bonchev–Trinajstić information content (AvgIpc) is 2.79.